The second-order valence-electron chi connectivity index (χ2n) is 6.98. The molecule has 2 aromatic carbocycles. The quantitative estimate of drug-likeness (QED) is 0.391. The molecule has 158 valence electrons. The summed E-state index contributed by atoms with van der Waals surface area (Å²) >= 11 is 1.23. The van der Waals surface area contributed by atoms with E-state index in [1.807, 2.05) is 19.9 Å². The molecule has 0 unspecified atom stereocenters. The van der Waals surface area contributed by atoms with Gasteiger partial charge < -0.3 is 18.6 Å². The van der Waals surface area contributed by atoms with Crippen molar-refractivity contribution in [1.82, 2.24) is 0 Å². The minimum Gasteiger partial charge on any atom is -0.493 e. The Morgan fingerprint density at radius 3 is 2.45 bits per heavy atom. The number of hydrogen-bond acceptors (Lipinski definition) is 7. The van der Waals surface area contributed by atoms with Gasteiger partial charge in [-0.05, 0) is 60.7 Å². The molecule has 2 aromatic heterocycles. The zero-order valence-electron chi connectivity index (χ0n) is 17.5. The van der Waals surface area contributed by atoms with Crippen molar-refractivity contribution in [3.8, 4) is 28.6 Å². The normalized spacial score (nSPS) is 10.8. The first-order chi connectivity index (χ1) is 14.9. The molecule has 0 spiro atoms. The lowest BCUT2D eigenvalue weighted by molar-refractivity contribution is 0.0736. The molecule has 0 bridgehead atoms. The Balaban J connectivity index is 1.98. The van der Waals surface area contributed by atoms with Gasteiger partial charge in [0.25, 0.3) is 0 Å². The molecule has 0 saturated heterocycles. The van der Waals surface area contributed by atoms with E-state index in [0.29, 0.717) is 32.9 Å². The number of hydrogen-bond donors (Lipinski definition) is 0. The number of methoxy groups -OCH3 is 2. The monoisotopic (exact) mass is 436 g/mol. The van der Waals surface area contributed by atoms with Crippen molar-refractivity contribution in [2.24, 2.45) is 0 Å². The number of rotatable bonds is 5. The number of benzene rings is 2. The Morgan fingerprint density at radius 1 is 1.00 bits per heavy atom. The average molecular weight is 436 g/mol. The Hall–Kier alpha value is -3.58. The predicted octanol–water partition coefficient (Wildman–Crippen LogP) is 5.37. The van der Waals surface area contributed by atoms with Crippen molar-refractivity contribution in [2.45, 2.75) is 13.8 Å². The molecule has 0 radical (unpaired) electrons. The van der Waals surface area contributed by atoms with Crippen LogP contribution in [0.3, 0.4) is 0 Å². The predicted molar refractivity (Wildman–Crippen MR) is 120 cm³/mol. The smallest absolute Gasteiger partial charge is 0.353 e. The number of aryl methyl sites for hydroxylation is 2. The van der Waals surface area contributed by atoms with Gasteiger partial charge in [-0.3, -0.25) is 4.79 Å². The van der Waals surface area contributed by atoms with Crippen LogP contribution < -0.4 is 19.6 Å². The summed E-state index contributed by atoms with van der Waals surface area (Å²) in [6, 6.07) is 12.1. The Morgan fingerprint density at radius 2 is 1.77 bits per heavy atom. The van der Waals surface area contributed by atoms with Crippen LogP contribution >= 0.6 is 11.3 Å². The van der Waals surface area contributed by atoms with Crippen molar-refractivity contribution in [3.05, 3.63) is 74.1 Å². The Labute approximate surface area is 182 Å². The topological polar surface area (TPSA) is 75.0 Å². The second kappa shape index (κ2) is 8.28. The molecule has 0 saturated carbocycles. The van der Waals surface area contributed by atoms with Gasteiger partial charge in [0.15, 0.2) is 17.3 Å². The SMILES string of the molecule is COc1ccc(-c2oc3c(C)cc(C)cc3c(=O)c2OC(=O)c2cccs2)cc1OC. The number of ether oxygens (including phenoxy) is 3. The third kappa shape index (κ3) is 3.80. The van der Waals surface area contributed by atoms with Crippen LogP contribution in [0.15, 0.2) is 57.1 Å². The summed E-state index contributed by atoms with van der Waals surface area (Å²) in [5.74, 6) is 0.350. The molecule has 4 rings (SSSR count). The summed E-state index contributed by atoms with van der Waals surface area (Å²) in [5, 5.41) is 2.12. The number of carbonyl (C=O) groups excluding carboxylic acids is 1. The minimum absolute atomic E-state index is 0.148. The maximum absolute atomic E-state index is 13.4. The van der Waals surface area contributed by atoms with E-state index < -0.39 is 11.4 Å². The van der Waals surface area contributed by atoms with Gasteiger partial charge in [0.2, 0.25) is 11.2 Å². The summed E-state index contributed by atoms with van der Waals surface area (Å²) in [6.45, 7) is 3.76. The molecule has 7 heteroatoms. The van der Waals surface area contributed by atoms with Crippen LogP contribution in [0, 0.1) is 13.8 Å². The molecule has 0 amide bonds. The first kappa shape index (κ1) is 20.7. The number of thiophene rings is 1. The van der Waals surface area contributed by atoms with Gasteiger partial charge in [-0.1, -0.05) is 12.1 Å². The highest BCUT2D eigenvalue weighted by atomic mass is 32.1. The fraction of sp³-hybridized carbons (Fsp3) is 0.167. The molecule has 6 nitrogen and oxygen atoms in total. The van der Waals surface area contributed by atoms with Crippen LogP contribution in [-0.2, 0) is 0 Å². The van der Waals surface area contributed by atoms with Crippen LogP contribution in [-0.4, -0.2) is 20.2 Å². The summed E-state index contributed by atoms with van der Waals surface area (Å²) in [7, 11) is 3.05. The third-order valence-corrected chi connectivity index (χ3v) is 5.69. The first-order valence-electron chi connectivity index (χ1n) is 9.49. The fourth-order valence-electron chi connectivity index (χ4n) is 3.43. The van der Waals surface area contributed by atoms with Crippen molar-refractivity contribution in [1.29, 1.82) is 0 Å². The van der Waals surface area contributed by atoms with Crippen molar-refractivity contribution >= 4 is 28.3 Å². The van der Waals surface area contributed by atoms with E-state index in [9.17, 15) is 9.59 Å². The summed E-state index contributed by atoms with van der Waals surface area (Å²) < 4.78 is 22.4. The molecule has 0 N–H and O–H groups in total. The van der Waals surface area contributed by atoms with Crippen LogP contribution in [0.5, 0.6) is 17.2 Å². The minimum atomic E-state index is -0.618. The van der Waals surface area contributed by atoms with E-state index in [1.54, 1.807) is 41.8 Å². The maximum atomic E-state index is 13.4. The molecule has 0 fully saturated rings. The van der Waals surface area contributed by atoms with Gasteiger partial charge in [0, 0.05) is 5.56 Å². The van der Waals surface area contributed by atoms with Gasteiger partial charge >= 0.3 is 5.97 Å². The molecule has 2 heterocycles. The van der Waals surface area contributed by atoms with Gasteiger partial charge in [-0.15, -0.1) is 11.3 Å². The molecule has 0 aliphatic rings. The molecule has 0 aliphatic carbocycles. The fourth-order valence-corrected chi connectivity index (χ4v) is 4.03. The first-order valence-corrected chi connectivity index (χ1v) is 10.4. The lowest BCUT2D eigenvalue weighted by Gasteiger charge is -2.13. The lowest BCUT2D eigenvalue weighted by atomic mass is 10.0. The lowest BCUT2D eigenvalue weighted by Crippen LogP contribution is -2.16. The van der Waals surface area contributed by atoms with E-state index in [2.05, 4.69) is 0 Å². The Kier molecular flexibility index (Phi) is 5.52. The number of esters is 1. The molecule has 31 heavy (non-hydrogen) atoms. The van der Waals surface area contributed by atoms with E-state index in [-0.39, 0.29) is 11.5 Å². The van der Waals surface area contributed by atoms with Crippen molar-refractivity contribution in [3.63, 3.8) is 0 Å². The van der Waals surface area contributed by atoms with Gasteiger partial charge in [-0.25, -0.2) is 4.79 Å². The van der Waals surface area contributed by atoms with Gasteiger partial charge in [0.1, 0.15) is 10.5 Å². The highest BCUT2D eigenvalue weighted by Crippen LogP contribution is 2.37. The zero-order valence-corrected chi connectivity index (χ0v) is 18.3. The summed E-state index contributed by atoms with van der Waals surface area (Å²) in [4.78, 5) is 26.5. The largest absolute Gasteiger partial charge is 0.493 e. The second-order valence-corrected chi connectivity index (χ2v) is 7.93. The van der Waals surface area contributed by atoms with E-state index in [4.69, 9.17) is 18.6 Å². The molecular formula is C24H20O6S. The van der Waals surface area contributed by atoms with Gasteiger partial charge in [0.05, 0.1) is 19.6 Å². The average Bonchev–Trinajstić information content (AvgIpc) is 3.30. The zero-order chi connectivity index (χ0) is 22.1. The molecule has 4 aromatic rings. The van der Waals surface area contributed by atoms with Crippen LogP contribution in [0.4, 0.5) is 0 Å². The molecular weight excluding hydrogens is 416 g/mol. The van der Waals surface area contributed by atoms with E-state index >= 15 is 0 Å². The van der Waals surface area contributed by atoms with Crippen LogP contribution in [0.25, 0.3) is 22.3 Å². The van der Waals surface area contributed by atoms with E-state index in [0.717, 1.165) is 11.1 Å². The standard InChI is InChI=1S/C24H20O6S/c1-13-10-14(2)21-16(11-13)20(25)23(30-24(26)19-6-5-9-31-19)22(29-21)15-7-8-17(27-3)18(12-15)28-4/h5-12H,1-4H3. The number of carbonyl (C=O) groups is 1. The van der Waals surface area contributed by atoms with Crippen LogP contribution in [0.2, 0.25) is 0 Å². The van der Waals surface area contributed by atoms with Crippen LogP contribution in [0.1, 0.15) is 20.8 Å². The number of fused-ring (bicyclic) bond motifs is 1. The van der Waals surface area contributed by atoms with E-state index in [1.165, 1.54) is 25.6 Å². The van der Waals surface area contributed by atoms with Crippen molar-refractivity contribution < 1.29 is 23.4 Å². The molecule has 0 atom stereocenters. The highest BCUT2D eigenvalue weighted by Gasteiger charge is 2.23. The van der Waals surface area contributed by atoms with Crippen molar-refractivity contribution in [2.75, 3.05) is 14.2 Å². The molecule has 0 aliphatic heterocycles. The Bertz CT molecular complexity index is 1330. The maximum Gasteiger partial charge on any atom is 0.353 e. The summed E-state index contributed by atoms with van der Waals surface area (Å²) in [5.41, 5.74) is 2.27. The highest BCUT2D eigenvalue weighted by molar-refractivity contribution is 7.12. The summed E-state index contributed by atoms with van der Waals surface area (Å²) in [6.07, 6.45) is 0. The van der Waals surface area contributed by atoms with Gasteiger partial charge in [-0.2, -0.15) is 0 Å². The third-order valence-electron chi connectivity index (χ3n) is 4.84.